The van der Waals surface area contributed by atoms with Crippen molar-refractivity contribution in [2.24, 2.45) is 0 Å². The third-order valence-electron chi connectivity index (χ3n) is 5.01. The number of nitrogens with one attached hydrogen (secondary N) is 1. The molecule has 3 aromatic heterocycles. The van der Waals surface area contributed by atoms with Crippen molar-refractivity contribution in [2.45, 2.75) is 32.2 Å². The Hall–Kier alpha value is -3.92. The maximum Gasteiger partial charge on any atom is 0.312 e. The molecule has 7 nitrogen and oxygen atoms in total. The standard InChI is InChI=1S/C23H21N5O2/c24-13-7-1-2-8-15-28-23(30)20(29)16-18(25-28)21-19-12-6-9-14-27(19)26-22(21)17-10-4-3-5-11-17/h3-6,9-12,14,16,25H,1-2,7-8,15H2. The molecule has 0 atom stereocenters. The largest absolute Gasteiger partial charge is 0.312 e. The van der Waals surface area contributed by atoms with Crippen molar-refractivity contribution in [1.82, 2.24) is 19.4 Å². The molecule has 0 saturated heterocycles. The zero-order valence-corrected chi connectivity index (χ0v) is 16.4. The number of aryl methyl sites for hydroxylation is 1. The van der Waals surface area contributed by atoms with Gasteiger partial charge in [-0.15, -0.1) is 0 Å². The lowest BCUT2D eigenvalue weighted by atomic mass is 10.0. The summed E-state index contributed by atoms with van der Waals surface area (Å²) >= 11 is 0. The first kappa shape index (κ1) is 19.4. The molecule has 0 amide bonds. The molecule has 7 heteroatoms. The lowest BCUT2D eigenvalue weighted by Gasteiger charge is -2.10. The molecule has 1 N–H and O–H groups in total. The summed E-state index contributed by atoms with van der Waals surface area (Å²) < 4.78 is 3.14. The quantitative estimate of drug-likeness (QED) is 0.379. The van der Waals surface area contributed by atoms with Crippen LogP contribution in [0.3, 0.4) is 0 Å². The Morgan fingerprint density at radius 2 is 1.80 bits per heavy atom. The van der Waals surface area contributed by atoms with E-state index in [9.17, 15) is 9.59 Å². The van der Waals surface area contributed by atoms with Crippen LogP contribution in [0.4, 0.5) is 0 Å². The van der Waals surface area contributed by atoms with Crippen LogP contribution in [0.5, 0.6) is 0 Å². The molecule has 0 radical (unpaired) electrons. The minimum atomic E-state index is -0.572. The van der Waals surface area contributed by atoms with Gasteiger partial charge < -0.3 is 0 Å². The van der Waals surface area contributed by atoms with Crippen LogP contribution in [0, 0.1) is 11.3 Å². The van der Waals surface area contributed by atoms with Crippen LogP contribution in [0.15, 0.2) is 70.4 Å². The summed E-state index contributed by atoms with van der Waals surface area (Å²) in [6.07, 6.45) is 4.66. The molecule has 30 heavy (non-hydrogen) atoms. The van der Waals surface area contributed by atoms with E-state index in [4.69, 9.17) is 10.4 Å². The predicted molar refractivity (Wildman–Crippen MR) is 115 cm³/mol. The van der Waals surface area contributed by atoms with Crippen LogP contribution in [0.2, 0.25) is 0 Å². The normalized spacial score (nSPS) is 10.9. The smallest absolute Gasteiger partial charge is 0.295 e. The maximum atomic E-state index is 12.5. The van der Waals surface area contributed by atoms with Crippen molar-refractivity contribution < 1.29 is 0 Å². The summed E-state index contributed by atoms with van der Waals surface area (Å²) in [7, 11) is 0. The maximum absolute atomic E-state index is 12.5. The monoisotopic (exact) mass is 399 g/mol. The summed E-state index contributed by atoms with van der Waals surface area (Å²) in [6, 6.07) is 19.0. The number of fused-ring (bicyclic) bond motifs is 1. The molecule has 0 saturated carbocycles. The van der Waals surface area contributed by atoms with E-state index in [0.29, 0.717) is 25.1 Å². The third-order valence-corrected chi connectivity index (χ3v) is 5.01. The molecule has 1 aromatic carbocycles. The Kier molecular flexibility index (Phi) is 5.57. The summed E-state index contributed by atoms with van der Waals surface area (Å²) in [4.78, 5) is 24.8. The van der Waals surface area contributed by atoms with E-state index in [2.05, 4.69) is 11.2 Å². The number of hydrogen-bond acceptors (Lipinski definition) is 4. The molecule has 4 rings (SSSR count). The van der Waals surface area contributed by atoms with Gasteiger partial charge >= 0.3 is 5.56 Å². The molecule has 0 spiro atoms. The minimum absolute atomic E-state index is 0.396. The topological polar surface area (TPSA) is 95.9 Å². The molecule has 0 bridgehead atoms. The van der Waals surface area contributed by atoms with E-state index < -0.39 is 11.0 Å². The highest BCUT2D eigenvalue weighted by Gasteiger charge is 2.18. The van der Waals surface area contributed by atoms with Gasteiger partial charge in [0.1, 0.15) is 5.69 Å². The molecule has 0 unspecified atom stereocenters. The van der Waals surface area contributed by atoms with Gasteiger partial charge in [-0.05, 0) is 25.0 Å². The number of aromatic amines is 1. The SMILES string of the molecule is N#CCCCCCn1[nH]c(-c2c(-c3ccccc3)nn3ccccc23)cc(=O)c1=O. The van der Waals surface area contributed by atoms with Crippen LogP contribution >= 0.6 is 0 Å². The molecule has 0 aliphatic heterocycles. The lowest BCUT2D eigenvalue weighted by Crippen LogP contribution is -2.35. The molecule has 0 aliphatic carbocycles. The summed E-state index contributed by atoms with van der Waals surface area (Å²) in [5.41, 5.74) is 2.69. The number of benzene rings is 1. The Morgan fingerprint density at radius 1 is 1.00 bits per heavy atom. The van der Waals surface area contributed by atoms with Crippen molar-refractivity contribution in [1.29, 1.82) is 5.26 Å². The highest BCUT2D eigenvalue weighted by Crippen LogP contribution is 2.33. The lowest BCUT2D eigenvalue weighted by molar-refractivity contribution is 0.523. The van der Waals surface area contributed by atoms with Gasteiger partial charge in [0.05, 0.1) is 22.8 Å². The zero-order valence-electron chi connectivity index (χ0n) is 16.4. The van der Waals surface area contributed by atoms with E-state index >= 15 is 0 Å². The second-order valence-corrected chi connectivity index (χ2v) is 7.08. The van der Waals surface area contributed by atoms with Gasteiger partial charge in [-0.1, -0.05) is 42.8 Å². The molecule has 150 valence electrons. The second kappa shape index (κ2) is 8.62. The Balaban J connectivity index is 1.82. The van der Waals surface area contributed by atoms with E-state index in [1.807, 2.05) is 54.7 Å². The minimum Gasteiger partial charge on any atom is -0.295 e. The van der Waals surface area contributed by atoms with Crippen molar-refractivity contribution >= 4 is 5.52 Å². The highest BCUT2D eigenvalue weighted by atomic mass is 16.2. The zero-order chi connectivity index (χ0) is 20.9. The molecular formula is C23H21N5O2. The first-order chi connectivity index (χ1) is 14.7. The fourth-order valence-electron chi connectivity index (χ4n) is 3.55. The fraction of sp³-hybridized carbons (Fsp3) is 0.217. The Labute approximate surface area is 172 Å². The van der Waals surface area contributed by atoms with Crippen LogP contribution < -0.4 is 11.0 Å². The number of nitrogens with zero attached hydrogens (tertiary/aromatic N) is 4. The van der Waals surface area contributed by atoms with E-state index in [-0.39, 0.29) is 0 Å². The number of rotatable bonds is 7. The molecule has 4 aromatic rings. The van der Waals surface area contributed by atoms with Gasteiger partial charge in [0, 0.05) is 30.8 Å². The Bertz CT molecular complexity index is 1330. The predicted octanol–water partition coefficient (Wildman–Crippen LogP) is 3.60. The van der Waals surface area contributed by atoms with Gasteiger partial charge in [0.15, 0.2) is 0 Å². The summed E-state index contributed by atoms with van der Waals surface area (Å²) in [5, 5.41) is 16.5. The average molecular weight is 399 g/mol. The van der Waals surface area contributed by atoms with E-state index in [1.54, 1.807) is 4.52 Å². The first-order valence-electron chi connectivity index (χ1n) is 9.93. The van der Waals surface area contributed by atoms with Crippen molar-refractivity contribution in [2.75, 3.05) is 0 Å². The summed E-state index contributed by atoms with van der Waals surface area (Å²) in [5.74, 6) is 0. The van der Waals surface area contributed by atoms with Gasteiger partial charge in [-0.25, -0.2) is 9.20 Å². The van der Waals surface area contributed by atoms with Gasteiger partial charge in [-0.2, -0.15) is 10.4 Å². The molecule has 0 fully saturated rings. The first-order valence-corrected chi connectivity index (χ1v) is 9.93. The number of unbranched alkanes of at least 4 members (excludes halogenated alkanes) is 3. The number of H-pyrrole nitrogens is 1. The van der Waals surface area contributed by atoms with E-state index in [0.717, 1.165) is 35.2 Å². The highest BCUT2D eigenvalue weighted by molar-refractivity contribution is 5.90. The van der Waals surface area contributed by atoms with Crippen molar-refractivity contribution in [3.8, 4) is 28.6 Å². The molecular weight excluding hydrogens is 378 g/mol. The number of pyridine rings is 1. The summed E-state index contributed by atoms with van der Waals surface area (Å²) in [6.45, 7) is 0.396. The molecule has 0 aliphatic rings. The van der Waals surface area contributed by atoms with Crippen molar-refractivity contribution in [3.63, 3.8) is 0 Å². The average Bonchev–Trinajstić information content (AvgIpc) is 3.16. The van der Waals surface area contributed by atoms with Crippen molar-refractivity contribution in [3.05, 3.63) is 81.4 Å². The van der Waals surface area contributed by atoms with Crippen LogP contribution in [-0.2, 0) is 6.54 Å². The van der Waals surface area contributed by atoms with Gasteiger partial charge in [-0.3, -0.25) is 14.7 Å². The number of aromatic nitrogens is 4. The van der Waals surface area contributed by atoms with Crippen LogP contribution in [0.1, 0.15) is 25.7 Å². The van der Waals surface area contributed by atoms with Crippen LogP contribution in [0.25, 0.3) is 28.0 Å². The van der Waals surface area contributed by atoms with Gasteiger partial charge in [0.25, 0.3) is 0 Å². The fourth-order valence-corrected chi connectivity index (χ4v) is 3.55. The van der Waals surface area contributed by atoms with Gasteiger partial charge in [0.2, 0.25) is 5.43 Å². The second-order valence-electron chi connectivity index (χ2n) is 7.08. The van der Waals surface area contributed by atoms with E-state index in [1.165, 1.54) is 10.7 Å². The number of hydrogen-bond donors (Lipinski definition) is 1. The van der Waals surface area contributed by atoms with Crippen LogP contribution in [-0.4, -0.2) is 19.4 Å². The number of nitriles is 1. The Morgan fingerprint density at radius 3 is 2.60 bits per heavy atom. The molecule has 3 heterocycles. The third kappa shape index (κ3) is 3.80.